The smallest absolute Gasteiger partial charge is 0.326 e. The molecule has 1 aliphatic heterocycles. The number of rotatable bonds is 7. The molecular formula is C21H23NO5. The molecule has 1 amide bonds. The molecule has 0 radical (unpaired) electrons. The Balaban J connectivity index is 1.69. The Bertz CT molecular complexity index is 796. The molecule has 1 saturated heterocycles. The van der Waals surface area contributed by atoms with E-state index in [9.17, 15) is 14.7 Å². The van der Waals surface area contributed by atoms with E-state index in [4.69, 9.17) is 9.47 Å². The fraction of sp³-hybridized carbons (Fsp3) is 0.333. The molecule has 2 aromatic carbocycles. The number of ether oxygens (including phenoxy) is 2. The van der Waals surface area contributed by atoms with E-state index < -0.39 is 18.1 Å². The van der Waals surface area contributed by atoms with Crippen molar-refractivity contribution in [2.75, 3.05) is 13.7 Å². The zero-order valence-corrected chi connectivity index (χ0v) is 15.2. The number of benzene rings is 2. The lowest BCUT2D eigenvalue weighted by molar-refractivity contribution is -0.143. The van der Waals surface area contributed by atoms with Gasteiger partial charge in [0.25, 0.3) is 0 Å². The number of nitrogens with one attached hydrogen (secondary N) is 1. The van der Waals surface area contributed by atoms with E-state index in [1.807, 2.05) is 48.5 Å². The fourth-order valence-corrected chi connectivity index (χ4v) is 3.19. The highest BCUT2D eigenvalue weighted by atomic mass is 16.5. The molecule has 6 heteroatoms. The Morgan fingerprint density at radius 1 is 1.22 bits per heavy atom. The van der Waals surface area contributed by atoms with Gasteiger partial charge in [0.1, 0.15) is 17.9 Å². The van der Waals surface area contributed by atoms with Crippen LogP contribution < -0.4 is 10.1 Å². The molecule has 1 heterocycles. The van der Waals surface area contributed by atoms with Gasteiger partial charge in [-0.1, -0.05) is 42.5 Å². The number of carbonyl (C=O) groups excluding carboxylic acids is 1. The first-order valence-electron chi connectivity index (χ1n) is 8.95. The number of carbonyl (C=O) groups is 2. The summed E-state index contributed by atoms with van der Waals surface area (Å²) in [5.74, 6) is -0.641. The number of carboxylic acid groups (broad SMARTS) is 1. The van der Waals surface area contributed by atoms with Gasteiger partial charge in [0.15, 0.2) is 0 Å². The van der Waals surface area contributed by atoms with Crippen LogP contribution in [0.1, 0.15) is 18.4 Å². The van der Waals surface area contributed by atoms with Crippen LogP contribution >= 0.6 is 0 Å². The summed E-state index contributed by atoms with van der Waals surface area (Å²) in [5, 5.41) is 12.0. The van der Waals surface area contributed by atoms with Crippen LogP contribution in [-0.4, -0.2) is 42.8 Å². The van der Waals surface area contributed by atoms with Crippen molar-refractivity contribution in [2.45, 2.75) is 31.4 Å². The summed E-state index contributed by atoms with van der Waals surface area (Å²) >= 11 is 0. The Morgan fingerprint density at radius 2 is 1.96 bits per heavy atom. The van der Waals surface area contributed by atoms with Crippen LogP contribution in [0.3, 0.4) is 0 Å². The van der Waals surface area contributed by atoms with Crippen molar-refractivity contribution < 1.29 is 24.2 Å². The van der Waals surface area contributed by atoms with Crippen molar-refractivity contribution in [1.82, 2.24) is 5.32 Å². The third-order valence-electron chi connectivity index (χ3n) is 4.65. The Hall–Kier alpha value is -2.86. The molecule has 2 atom stereocenters. The molecule has 2 aromatic rings. The first-order valence-corrected chi connectivity index (χ1v) is 8.95. The first-order chi connectivity index (χ1) is 13.1. The lowest BCUT2D eigenvalue weighted by Crippen LogP contribution is -2.46. The van der Waals surface area contributed by atoms with Crippen LogP contribution in [0, 0.1) is 0 Å². The number of amides is 1. The fourth-order valence-electron chi connectivity index (χ4n) is 3.19. The average molecular weight is 369 g/mol. The van der Waals surface area contributed by atoms with Crippen LogP contribution in [0.5, 0.6) is 5.75 Å². The molecule has 3 rings (SSSR count). The minimum Gasteiger partial charge on any atom is -0.496 e. The number of carboxylic acids is 1. The van der Waals surface area contributed by atoms with Gasteiger partial charge >= 0.3 is 5.97 Å². The largest absolute Gasteiger partial charge is 0.496 e. The maximum atomic E-state index is 12.1. The third kappa shape index (κ3) is 4.65. The molecule has 0 aromatic heterocycles. The van der Waals surface area contributed by atoms with Gasteiger partial charge in [0.2, 0.25) is 5.91 Å². The second kappa shape index (κ2) is 8.68. The monoisotopic (exact) mass is 369 g/mol. The van der Waals surface area contributed by atoms with Crippen molar-refractivity contribution >= 4 is 11.9 Å². The quantitative estimate of drug-likeness (QED) is 0.784. The van der Waals surface area contributed by atoms with Crippen molar-refractivity contribution in [1.29, 1.82) is 0 Å². The summed E-state index contributed by atoms with van der Waals surface area (Å²) in [5.41, 5.74) is 2.77. The number of hydrogen-bond donors (Lipinski definition) is 2. The number of para-hydroxylation sites is 1. The van der Waals surface area contributed by atoms with Crippen LogP contribution in [0.2, 0.25) is 0 Å². The zero-order chi connectivity index (χ0) is 19.2. The highest BCUT2D eigenvalue weighted by Crippen LogP contribution is 2.29. The Morgan fingerprint density at radius 3 is 2.59 bits per heavy atom. The summed E-state index contributed by atoms with van der Waals surface area (Å²) in [4.78, 5) is 23.7. The van der Waals surface area contributed by atoms with Gasteiger partial charge in [-0.15, -0.1) is 0 Å². The molecule has 0 bridgehead atoms. The van der Waals surface area contributed by atoms with E-state index in [-0.39, 0.29) is 12.3 Å². The maximum absolute atomic E-state index is 12.1. The molecule has 27 heavy (non-hydrogen) atoms. The van der Waals surface area contributed by atoms with E-state index in [2.05, 4.69) is 5.32 Å². The molecule has 6 nitrogen and oxygen atoms in total. The summed E-state index contributed by atoms with van der Waals surface area (Å²) in [6, 6.07) is 14.3. The number of hydrogen-bond acceptors (Lipinski definition) is 4. The minimum absolute atomic E-state index is 0.208. The average Bonchev–Trinajstić information content (AvgIpc) is 3.23. The summed E-state index contributed by atoms with van der Waals surface area (Å²) < 4.78 is 10.7. The standard InChI is InChI=1S/C21H23NO5/c1-26-18-6-3-2-5-16(18)15-10-8-14(9-11-15)13-17(21(24)25)22-20(23)19-7-4-12-27-19/h2-3,5-6,8-11,17,19H,4,7,12-13H2,1H3,(H,22,23)(H,24,25)/t17-,19?/m0/s1. The highest BCUT2D eigenvalue weighted by Gasteiger charge is 2.28. The van der Waals surface area contributed by atoms with Gasteiger partial charge in [-0.05, 0) is 30.0 Å². The van der Waals surface area contributed by atoms with Crippen molar-refractivity contribution in [3.63, 3.8) is 0 Å². The van der Waals surface area contributed by atoms with Gasteiger partial charge in [-0.3, -0.25) is 4.79 Å². The topological polar surface area (TPSA) is 84.9 Å². The Kier molecular flexibility index (Phi) is 6.08. The summed E-state index contributed by atoms with van der Waals surface area (Å²) in [6.07, 6.45) is 1.12. The van der Waals surface area contributed by atoms with Crippen LogP contribution in [-0.2, 0) is 20.7 Å². The molecule has 2 N–H and O–H groups in total. The third-order valence-corrected chi connectivity index (χ3v) is 4.65. The van der Waals surface area contributed by atoms with E-state index in [0.29, 0.717) is 13.0 Å². The van der Waals surface area contributed by atoms with Gasteiger partial charge in [-0.2, -0.15) is 0 Å². The molecule has 142 valence electrons. The first kappa shape index (κ1) is 18.9. The minimum atomic E-state index is -1.06. The second-order valence-corrected chi connectivity index (χ2v) is 6.50. The Labute approximate surface area is 158 Å². The maximum Gasteiger partial charge on any atom is 0.326 e. The normalized spacial score (nSPS) is 17.3. The molecule has 0 aliphatic carbocycles. The van der Waals surface area contributed by atoms with Crippen molar-refractivity contribution in [3.05, 3.63) is 54.1 Å². The van der Waals surface area contributed by atoms with Gasteiger partial charge in [-0.25, -0.2) is 4.79 Å². The van der Waals surface area contributed by atoms with Crippen LogP contribution in [0.4, 0.5) is 0 Å². The summed E-state index contributed by atoms with van der Waals surface area (Å²) in [7, 11) is 1.63. The number of methoxy groups -OCH3 is 1. The van der Waals surface area contributed by atoms with E-state index >= 15 is 0 Å². The molecule has 0 spiro atoms. The van der Waals surface area contributed by atoms with E-state index in [1.165, 1.54) is 0 Å². The predicted molar refractivity (Wildman–Crippen MR) is 101 cm³/mol. The predicted octanol–water partition coefficient (Wildman–Crippen LogP) is 2.65. The zero-order valence-electron chi connectivity index (χ0n) is 15.2. The summed E-state index contributed by atoms with van der Waals surface area (Å²) in [6.45, 7) is 0.542. The van der Waals surface area contributed by atoms with E-state index in [0.717, 1.165) is 28.9 Å². The van der Waals surface area contributed by atoms with Gasteiger partial charge < -0.3 is 19.9 Å². The van der Waals surface area contributed by atoms with Crippen molar-refractivity contribution in [2.24, 2.45) is 0 Å². The van der Waals surface area contributed by atoms with Crippen LogP contribution in [0.15, 0.2) is 48.5 Å². The highest BCUT2D eigenvalue weighted by molar-refractivity contribution is 5.86. The van der Waals surface area contributed by atoms with Crippen LogP contribution in [0.25, 0.3) is 11.1 Å². The molecule has 1 aliphatic rings. The number of aliphatic carboxylic acids is 1. The lowest BCUT2D eigenvalue weighted by atomic mass is 10.00. The lowest BCUT2D eigenvalue weighted by Gasteiger charge is -2.17. The molecule has 1 unspecified atom stereocenters. The van der Waals surface area contributed by atoms with Gasteiger partial charge in [0.05, 0.1) is 7.11 Å². The van der Waals surface area contributed by atoms with E-state index in [1.54, 1.807) is 7.11 Å². The van der Waals surface area contributed by atoms with Crippen molar-refractivity contribution in [3.8, 4) is 16.9 Å². The molecule has 1 fully saturated rings. The second-order valence-electron chi connectivity index (χ2n) is 6.50. The SMILES string of the molecule is COc1ccccc1-c1ccc(C[C@H](NC(=O)C2CCCO2)C(=O)O)cc1. The molecular weight excluding hydrogens is 346 g/mol. The van der Waals surface area contributed by atoms with Gasteiger partial charge in [0, 0.05) is 18.6 Å². The molecule has 0 saturated carbocycles.